The standard InChI is InChI=1S/C35H29ClF8N6O/c1-3-19-4-5-20(21-6-7-24(36)28-15(2)47-49(32(21)28)13-26(39)40)30(45-19)25(10-16-8-17(37)11-18(38)9-16)46-27(51)14-50-33-29(31(48-50)34(41)42)22-12-23(22)35(33,43)44/h4-9,11,22-23,25-26,34H,3,10,12-14H2,1-2H3,(H,46,51)/t22-,23+,25?/m0/s1. The molecule has 51 heavy (non-hydrogen) atoms. The third kappa shape index (κ3) is 6.23. The zero-order valence-corrected chi connectivity index (χ0v) is 27.8. The fourth-order valence-corrected chi connectivity index (χ4v) is 7.57. The second-order valence-corrected chi connectivity index (χ2v) is 13.3. The van der Waals surface area contributed by atoms with Crippen molar-refractivity contribution in [2.75, 3.05) is 0 Å². The van der Waals surface area contributed by atoms with Gasteiger partial charge in [0.15, 0.2) is 0 Å². The Morgan fingerprint density at radius 3 is 2.37 bits per heavy atom. The summed E-state index contributed by atoms with van der Waals surface area (Å²) in [6, 6.07) is 8.04. The van der Waals surface area contributed by atoms with Crippen LogP contribution in [0, 0.1) is 24.5 Å². The molecule has 268 valence electrons. The SMILES string of the molecule is CCc1ccc(-c2ccc(Cl)c3c(C)nn(CC(F)F)c23)c(C(Cc2cc(F)cc(F)c2)NC(=O)Cn2nc(C(F)F)c3c2C(F)(F)[C@@H]2C[C@H]32)n1. The second kappa shape index (κ2) is 12.9. The van der Waals surface area contributed by atoms with E-state index in [4.69, 9.17) is 16.6 Å². The van der Waals surface area contributed by atoms with Crippen molar-refractivity contribution in [2.24, 2.45) is 5.92 Å². The summed E-state index contributed by atoms with van der Waals surface area (Å²) in [5.74, 6) is -8.10. The van der Waals surface area contributed by atoms with Gasteiger partial charge >= 0.3 is 0 Å². The molecule has 1 unspecified atom stereocenters. The van der Waals surface area contributed by atoms with Crippen LogP contribution >= 0.6 is 11.6 Å². The van der Waals surface area contributed by atoms with Crippen LogP contribution in [0.15, 0.2) is 42.5 Å². The first-order valence-corrected chi connectivity index (χ1v) is 16.5. The number of aromatic nitrogens is 5. The molecule has 5 aromatic rings. The molecule has 1 amide bonds. The van der Waals surface area contributed by atoms with Crippen molar-refractivity contribution in [3.63, 3.8) is 0 Å². The van der Waals surface area contributed by atoms with Crippen molar-refractivity contribution in [3.05, 3.63) is 98.7 Å². The van der Waals surface area contributed by atoms with Crippen LogP contribution in [-0.2, 0) is 36.6 Å². The van der Waals surface area contributed by atoms with Crippen LogP contribution in [0.2, 0.25) is 5.02 Å². The monoisotopic (exact) mass is 736 g/mol. The number of nitrogens with zero attached hydrogens (tertiary/aromatic N) is 5. The Bertz CT molecular complexity index is 2160. The molecule has 1 fully saturated rings. The number of carbonyl (C=O) groups excluding carboxylic acids is 1. The lowest BCUT2D eigenvalue weighted by Gasteiger charge is -2.23. The number of amides is 1. The summed E-state index contributed by atoms with van der Waals surface area (Å²) >= 11 is 6.50. The number of hydrogen-bond acceptors (Lipinski definition) is 4. The summed E-state index contributed by atoms with van der Waals surface area (Å²) in [7, 11) is 0. The Morgan fingerprint density at radius 1 is 1.00 bits per heavy atom. The van der Waals surface area contributed by atoms with E-state index in [1.165, 1.54) is 0 Å². The van der Waals surface area contributed by atoms with Crippen LogP contribution in [0.5, 0.6) is 0 Å². The van der Waals surface area contributed by atoms with Crippen molar-refractivity contribution in [2.45, 2.75) is 76.9 Å². The quantitative estimate of drug-likeness (QED) is 0.138. The van der Waals surface area contributed by atoms with Gasteiger partial charge in [-0.1, -0.05) is 30.7 Å². The van der Waals surface area contributed by atoms with E-state index in [1.54, 1.807) is 31.2 Å². The minimum absolute atomic E-state index is 0.0415. The number of aryl methyl sites for hydroxylation is 2. The van der Waals surface area contributed by atoms with Crippen molar-refractivity contribution >= 4 is 28.4 Å². The maximum Gasteiger partial charge on any atom is 0.293 e. The summed E-state index contributed by atoms with van der Waals surface area (Å²) in [6.07, 6.45) is -5.73. The van der Waals surface area contributed by atoms with Crippen molar-refractivity contribution in [1.82, 2.24) is 29.9 Å². The Kier molecular flexibility index (Phi) is 8.83. The van der Waals surface area contributed by atoms with Gasteiger partial charge in [-0.2, -0.15) is 19.0 Å². The number of carbonyl (C=O) groups is 1. The van der Waals surface area contributed by atoms with E-state index in [0.29, 0.717) is 45.1 Å². The molecular weight excluding hydrogens is 708 g/mol. The summed E-state index contributed by atoms with van der Waals surface area (Å²) in [5.41, 5.74) is 0.348. The number of fused-ring (bicyclic) bond motifs is 4. The lowest BCUT2D eigenvalue weighted by molar-refractivity contribution is -0.123. The van der Waals surface area contributed by atoms with Gasteiger partial charge in [0, 0.05) is 39.8 Å². The Labute approximate surface area is 290 Å². The van der Waals surface area contributed by atoms with E-state index in [1.807, 2.05) is 6.92 Å². The minimum atomic E-state index is -3.47. The van der Waals surface area contributed by atoms with Crippen molar-refractivity contribution < 1.29 is 39.9 Å². The van der Waals surface area contributed by atoms with Gasteiger partial charge in [-0.05, 0) is 61.9 Å². The van der Waals surface area contributed by atoms with E-state index in [9.17, 15) is 31.1 Å². The van der Waals surface area contributed by atoms with E-state index < -0.39 is 78.7 Å². The highest BCUT2D eigenvalue weighted by molar-refractivity contribution is 6.36. The van der Waals surface area contributed by atoms with Gasteiger partial charge in [-0.3, -0.25) is 19.1 Å². The van der Waals surface area contributed by atoms with Gasteiger partial charge in [0.1, 0.15) is 36.1 Å². The Hall–Kier alpha value is -4.53. The molecule has 2 aliphatic carbocycles. The minimum Gasteiger partial charge on any atom is -0.346 e. The van der Waals surface area contributed by atoms with Crippen molar-refractivity contribution in [3.8, 4) is 11.1 Å². The van der Waals surface area contributed by atoms with Gasteiger partial charge in [0.05, 0.1) is 28.0 Å². The molecular formula is C35H29ClF8N6O. The predicted molar refractivity (Wildman–Crippen MR) is 171 cm³/mol. The number of hydrogen-bond donors (Lipinski definition) is 1. The number of alkyl halides is 6. The summed E-state index contributed by atoms with van der Waals surface area (Å²) in [6.45, 7) is 1.79. The van der Waals surface area contributed by atoms with Gasteiger partial charge < -0.3 is 5.32 Å². The molecule has 2 aromatic carbocycles. The van der Waals surface area contributed by atoms with Crippen LogP contribution in [0.4, 0.5) is 35.1 Å². The summed E-state index contributed by atoms with van der Waals surface area (Å²) in [4.78, 5) is 18.5. The average molecular weight is 737 g/mol. The predicted octanol–water partition coefficient (Wildman–Crippen LogP) is 8.61. The lowest BCUT2D eigenvalue weighted by Crippen LogP contribution is -2.35. The molecule has 0 aliphatic heterocycles. The Morgan fingerprint density at radius 2 is 1.71 bits per heavy atom. The van der Waals surface area contributed by atoms with Gasteiger partial charge in [0.25, 0.3) is 18.8 Å². The maximum absolute atomic E-state index is 15.3. The number of halogens is 9. The lowest BCUT2D eigenvalue weighted by atomic mass is 9.93. The molecule has 3 heterocycles. The highest BCUT2D eigenvalue weighted by Crippen LogP contribution is 2.68. The molecule has 7 nitrogen and oxygen atoms in total. The molecule has 7 rings (SSSR count). The number of pyridine rings is 1. The van der Waals surface area contributed by atoms with Gasteiger partial charge in [-0.15, -0.1) is 0 Å². The molecule has 0 spiro atoms. The van der Waals surface area contributed by atoms with Crippen molar-refractivity contribution in [1.29, 1.82) is 0 Å². The maximum atomic E-state index is 15.3. The number of nitrogens with one attached hydrogen (secondary N) is 1. The highest BCUT2D eigenvalue weighted by atomic mass is 35.5. The fraction of sp³-hybridized carbons (Fsp3) is 0.371. The fourth-order valence-electron chi connectivity index (χ4n) is 7.28. The molecule has 16 heteroatoms. The van der Waals surface area contributed by atoms with Crippen LogP contribution in [0.3, 0.4) is 0 Å². The van der Waals surface area contributed by atoms with Gasteiger partial charge in [-0.25, -0.2) is 26.3 Å². The molecule has 1 saturated carbocycles. The molecule has 2 aliphatic rings. The van der Waals surface area contributed by atoms with Crippen LogP contribution in [0.1, 0.15) is 71.3 Å². The van der Waals surface area contributed by atoms with Gasteiger partial charge in [0.2, 0.25) is 5.91 Å². The second-order valence-electron chi connectivity index (χ2n) is 12.8. The zero-order chi connectivity index (χ0) is 36.5. The van der Waals surface area contributed by atoms with E-state index in [2.05, 4.69) is 15.5 Å². The molecule has 1 N–H and O–H groups in total. The first-order chi connectivity index (χ1) is 24.2. The number of benzene rings is 2. The molecule has 3 atom stereocenters. The largest absolute Gasteiger partial charge is 0.346 e. The number of rotatable bonds is 11. The summed E-state index contributed by atoms with van der Waals surface area (Å²) < 4.78 is 116. The van der Waals surface area contributed by atoms with E-state index in [-0.39, 0.29) is 40.2 Å². The topological polar surface area (TPSA) is 77.6 Å². The zero-order valence-electron chi connectivity index (χ0n) is 27.0. The molecule has 0 bridgehead atoms. The summed E-state index contributed by atoms with van der Waals surface area (Å²) in [5, 5.41) is 11.4. The first-order valence-electron chi connectivity index (χ1n) is 16.1. The van der Waals surface area contributed by atoms with E-state index >= 15 is 8.78 Å². The van der Waals surface area contributed by atoms with Crippen LogP contribution < -0.4 is 5.32 Å². The van der Waals surface area contributed by atoms with E-state index in [0.717, 1.165) is 16.8 Å². The normalized spacial score (nSPS) is 18.1. The third-order valence-electron chi connectivity index (χ3n) is 9.45. The Balaban J connectivity index is 1.35. The van der Waals surface area contributed by atoms with Crippen LogP contribution in [0.25, 0.3) is 22.0 Å². The average Bonchev–Trinajstić information content (AvgIpc) is 3.59. The van der Waals surface area contributed by atoms with Crippen LogP contribution in [-0.4, -0.2) is 36.9 Å². The third-order valence-corrected chi connectivity index (χ3v) is 9.77. The first kappa shape index (κ1) is 34.9. The highest BCUT2D eigenvalue weighted by Gasteiger charge is 2.67. The molecule has 3 aromatic heterocycles. The molecule has 0 saturated heterocycles. The molecule has 0 radical (unpaired) electrons. The smallest absolute Gasteiger partial charge is 0.293 e.